The Hall–Kier alpha value is -1.68. The van der Waals surface area contributed by atoms with E-state index in [2.05, 4.69) is 12.7 Å². The summed E-state index contributed by atoms with van der Waals surface area (Å²) in [6.45, 7) is 9.80. The van der Waals surface area contributed by atoms with Crippen LogP contribution in [0, 0.1) is 17.3 Å². The zero-order valence-electron chi connectivity index (χ0n) is 14.5. The molecule has 0 radical (unpaired) electrons. The van der Waals surface area contributed by atoms with Gasteiger partial charge in [0.2, 0.25) is 0 Å². The molecule has 2 saturated carbocycles. The lowest BCUT2D eigenvalue weighted by Gasteiger charge is -2.58. The van der Waals surface area contributed by atoms with Crippen molar-refractivity contribution in [1.82, 2.24) is 0 Å². The highest BCUT2D eigenvalue weighted by atomic mass is 16.5. The van der Waals surface area contributed by atoms with Crippen LogP contribution in [0.1, 0.15) is 46.5 Å². The van der Waals surface area contributed by atoms with Crippen molar-refractivity contribution in [2.24, 2.45) is 17.3 Å². The SMILES string of the molecule is C=C1[C@@H](C)CC(=O)[C@@]2(C)[C@@H]3C[C@H]4OC(=O)C(C)=C4C=C3CC[C@]12O. The first-order chi connectivity index (χ1) is 11.2. The summed E-state index contributed by atoms with van der Waals surface area (Å²) in [4.78, 5) is 24.9. The molecule has 5 atom stereocenters. The first-order valence-electron chi connectivity index (χ1n) is 8.77. The lowest BCUT2D eigenvalue weighted by Crippen LogP contribution is -2.63. The van der Waals surface area contributed by atoms with E-state index in [4.69, 9.17) is 4.74 Å². The Morgan fingerprint density at radius 1 is 1.38 bits per heavy atom. The minimum absolute atomic E-state index is 0.00621. The summed E-state index contributed by atoms with van der Waals surface area (Å²) >= 11 is 0. The topological polar surface area (TPSA) is 63.6 Å². The molecular formula is C20H24O4. The summed E-state index contributed by atoms with van der Waals surface area (Å²) in [5, 5.41) is 11.5. The molecule has 128 valence electrons. The molecule has 4 heteroatoms. The lowest BCUT2D eigenvalue weighted by molar-refractivity contribution is -0.163. The second-order valence-electron chi connectivity index (χ2n) is 8.10. The zero-order valence-corrected chi connectivity index (χ0v) is 14.5. The van der Waals surface area contributed by atoms with Crippen LogP contribution in [0.25, 0.3) is 0 Å². The van der Waals surface area contributed by atoms with Gasteiger partial charge in [-0.1, -0.05) is 25.2 Å². The summed E-state index contributed by atoms with van der Waals surface area (Å²) in [6, 6.07) is 0. The number of allylic oxidation sites excluding steroid dienone is 1. The quantitative estimate of drug-likeness (QED) is 0.548. The molecule has 1 aliphatic heterocycles. The van der Waals surface area contributed by atoms with E-state index in [1.807, 2.05) is 13.8 Å². The van der Waals surface area contributed by atoms with Crippen LogP contribution in [0.5, 0.6) is 0 Å². The number of aliphatic hydroxyl groups is 1. The number of hydrogen-bond acceptors (Lipinski definition) is 4. The highest BCUT2D eigenvalue weighted by Crippen LogP contribution is 2.61. The zero-order chi connectivity index (χ0) is 17.4. The fourth-order valence-electron chi connectivity index (χ4n) is 5.35. The summed E-state index contributed by atoms with van der Waals surface area (Å²) in [6.07, 6.45) is 4.02. The Morgan fingerprint density at radius 3 is 2.79 bits per heavy atom. The molecule has 24 heavy (non-hydrogen) atoms. The van der Waals surface area contributed by atoms with Crippen LogP contribution in [-0.2, 0) is 14.3 Å². The van der Waals surface area contributed by atoms with Gasteiger partial charge in [-0.25, -0.2) is 4.79 Å². The summed E-state index contributed by atoms with van der Waals surface area (Å²) < 4.78 is 5.49. The molecule has 1 N–H and O–H groups in total. The van der Waals surface area contributed by atoms with Gasteiger partial charge in [0.05, 0.1) is 11.0 Å². The van der Waals surface area contributed by atoms with Crippen molar-refractivity contribution >= 4 is 11.8 Å². The molecule has 2 fully saturated rings. The molecule has 0 aromatic rings. The minimum atomic E-state index is -1.16. The highest BCUT2D eigenvalue weighted by molar-refractivity contribution is 5.93. The van der Waals surface area contributed by atoms with Gasteiger partial charge >= 0.3 is 5.97 Å². The molecule has 4 aliphatic rings. The van der Waals surface area contributed by atoms with Crippen LogP contribution in [-0.4, -0.2) is 28.6 Å². The molecule has 4 nitrogen and oxygen atoms in total. The van der Waals surface area contributed by atoms with Crippen molar-refractivity contribution in [3.63, 3.8) is 0 Å². The van der Waals surface area contributed by atoms with E-state index in [0.717, 1.165) is 17.6 Å². The first-order valence-corrected chi connectivity index (χ1v) is 8.77. The van der Waals surface area contributed by atoms with Gasteiger partial charge in [0.25, 0.3) is 0 Å². The smallest absolute Gasteiger partial charge is 0.334 e. The number of ether oxygens (including phenoxy) is 1. The Morgan fingerprint density at radius 2 is 2.08 bits per heavy atom. The van der Waals surface area contributed by atoms with Crippen LogP contribution in [0.4, 0.5) is 0 Å². The Labute approximate surface area is 142 Å². The molecule has 1 heterocycles. The van der Waals surface area contributed by atoms with E-state index in [1.165, 1.54) is 5.57 Å². The summed E-state index contributed by atoms with van der Waals surface area (Å²) in [5.74, 6) is -0.250. The van der Waals surface area contributed by atoms with Gasteiger partial charge in [-0.15, -0.1) is 0 Å². The van der Waals surface area contributed by atoms with Crippen molar-refractivity contribution in [2.75, 3.05) is 0 Å². The van der Waals surface area contributed by atoms with Crippen LogP contribution in [0.3, 0.4) is 0 Å². The van der Waals surface area contributed by atoms with E-state index in [1.54, 1.807) is 6.92 Å². The number of carbonyl (C=O) groups excluding carboxylic acids is 2. The number of hydrogen-bond donors (Lipinski definition) is 1. The summed E-state index contributed by atoms with van der Waals surface area (Å²) in [7, 11) is 0. The Kier molecular flexibility index (Phi) is 3.09. The van der Waals surface area contributed by atoms with E-state index in [9.17, 15) is 14.7 Å². The third kappa shape index (κ3) is 1.67. The molecule has 0 amide bonds. The number of carbonyl (C=O) groups is 2. The van der Waals surface area contributed by atoms with E-state index in [0.29, 0.717) is 24.8 Å². The highest BCUT2D eigenvalue weighted by Gasteiger charge is 2.64. The monoisotopic (exact) mass is 328 g/mol. The molecule has 0 aromatic heterocycles. The third-order valence-corrected chi connectivity index (χ3v) is 7.10. The van der Waals surface area contributed by atoms with Crippen LogP contribution >= 0.6 is 0 Å². The van der Waals surface area contributed by atoms with Crippen molar-refractivity contribution in [1.29, 1.82) is 0 Å². The van der Waals surface area contributed by atoms with Gasteiger partial charge in [0.15, 0.2) is 0 Å². The second kappa shape index (κ2) is 4.69. The van der Waals surface area contributed by atoms with Crippen molar-refractivity contribution in [3.8, 4) is 0 Å². The molecule has 4 rings (SSSR count). The van der Waals surface area contributed by atoms with Gasteiger partial charge in [0.1, 0.15) is 11.9 Å². The fourth-order valence-corrected chi connectivity index (χ4v) is 5.35. The maximum atomic E-state index is 13.0. The molecule has 0 spiro atoms. The van der Waals surface area contributed by atoms with Gasteiger partial charge < -0.3 is 9.84 Å². The van der Waals surface area contributed by atoms with Crippen LogP contribution < -0.4 is 0 Å². The van der Waals surface area contributed by atoms with E-state index >= 15 is 0 Å². The van der Waals surface area contributed by atoms with Crippen LogP contribution in [0.2, 0.25) is 0 Å². The van der Waals surface area contributed by atoms with Gasteiger partial charge in [-0.2, -0.15) is 0 Å². The summed E-state index contributed by atoms with van der Waals surface area (Å²) in [5.41, 5.74) is 1.53. The molecular weight excluding hydrogens is 304 g/mol. The van der Waals surface area contributed by atoms with Gasteiger partial charge in [0, 0.05) is 17.6 Å². The molecule has 0 aromatic carbocycles. The van der Waals surface area contributed by atoms with Crippen molar-refractivity contribution in [2.45, 2.75) is 58.2 Å². The first kappa shape index (κ1) is 15.8. The standard InChI is InChI=1S/C20H24O4/c1-10-7-17(21)19(4)15-9-16-14(11(2)18(22)24-16)8-13(15)5-6-20(19,23)12(10)3/h8,10,15-16,23H,3,5-7,9H2,1-2,4H3/t10-,15+,16+,19+,20-/m0/s1. The van der Waals surface area contributed by atoms with E-state index < -0.39 is 11.0 Å². The minimum Gasteiger partial charge on any atom is -0.454 e. The van der Waals surface area contributed by atoms with Crippen LogP contribution in [0.15, 0.2) is 34.9 Å². The number of rotatable bonds is 0. The second-order valence-corrected chi connectivity index (χ2v) is 8.10. The molecule has 0 unspecified atom stereocenters. The average molecular weight is 328 g/mol. The number of esters is 1. The maximum absolute atomic E-state index is 13.0. The number of Topliss-reactive ketones (excluding diaryl/α,β-unsaturated/α-hetero) is 1. The Bertz CT molecular complexity index is 743. The number of fused-ring (bicyclic) bond motifs is 4. The normalized spacial score (nSPS) is 44.6. The van der Waals surface area contributed by atoms with Gasteiger partial charge in [-0.05, 0) is 50.5 Å². The maximum Gasteiger partial charge on any atom is 0.334 e. The van der Waals surface area contributed by atoms with Gasteiger partial charge in [-0.3, -0.25) is 4.79 Å². The van der Waals surface area contributed by atoms with E-state index in [-0.39, 0.29) is 29.7 Å². The molecule has 3 aliphatic carbocycles. The lowest BCUT2D eigenvalue weighted by atomic mass is 9.46. The predicted octanol–water partition coefficient (Wildman–Crippen LogP) is 2.87. The largest absolute Gasteiger partial charge is 0.454 e. The average Bonchev–Trinajstić information content (AvgIpc) is 2.82. The molecule has 0 bridgehead atoms. The predicted molar refractivity (Wildman–Crippen MR) is 89.0 cm³/mol. The molecule has 0 saturated heterocycles. The number of ketones is 1. The third-order valence-electron chi connectivity index (χ3n) is 7.10. The van der Waals surface area contributed by atoms with Crippen molar-refractivity contribution in [3.05, 3.63) is 34.9 Å². The van der Waals surface area contributed by atoms with Crippen molar-refractivity contribution < 1.29 is 19.4 Å². The fraction of sp³-hybridized carbons (Fsp3) is 0.600. The Balaban J connectivity index is 1.83.